The molecule has 1 rings (SSSR count). The van der Waals surface area contributed by atoms with E-state index in [1.807, 2.05) is 51.1 Å². The molecule has 1 amide bonds. The van der Waals surface area contributed by atoms with Crippen molar-refractivity contribution in [1.82, 2.24) is 5.32 Å². The molecule has 20 heavy (non-hydrogen) atoms. The number of alkyl carbamates (subject to hydrolysis) is 1. The van der Waals surface area contributed by atoms with Crippen molar-refractivity contribution in [1.29, 1.82) is 0 Å². The molecule has 0 fully saturated rings. The van der Waals surface area contributed by atoms with Gasteiger partial charge < -0.3 is 9.47 Å². The molecule has 4 heteroatoms. The van der Waals surface area contributed by atoms with Crippen molar-refractivity contribution >= 4 is 6.09 Å². The number of hydrogen-bond donors (Lipinski definition) is 1. The van der Waals surface area contributed by atoms with Crippen LogP contribution in [0.15, 0.2) is 43.0 Å². The van der Waals surface area contributed by atoms with Crippen LogP contribution >= 0.6 is 0 Å². The highest BCUT2D eigenvalue weighted by Crippen LogP contribution is 2.09. The maximum Gasteiger partial charge on any atom is 0.409 e. The summed E-state index contributed by atoms with van der Waals surface area (Å²) in [6.07, 6.45) is 1.30. The first-order valence-corrected chi connectivity index (χ1v) is 6.66. The largest absolute Gasteiger partial charge is 0.444 e. The molecule has 0 saturated heterocycles. The quantitative estimate of drug-likeness (QED) is 0.641. The molecule has 0 spiro atoms. The van der Waals surface area contributed by atoms with Gasteiger partial charge in [-0.15, -0.1) is 6.58 Å². The van der Waals surface area contributed by atoms with Gasteiger partial charge in [-0.05, 0) is 26.3 Å². The summed E-state index contributed by atoms with van der Waals surface area (Å²) in [6.45, 7) is 9.45. The third-order valence-electron chi connectivity index (χ3n) is 2.36. The Hall–Kier alpha value is -1.81. The fourth-order valence-electron chi connectivity index (χ4n) is 1.60. The average Bonchev–Trinajstić information content (AvgIpc) is 2.35. The Kier molecular flexibility index (Phi) is 6.25. The molecule has 1 unspecified atom stereocenters. The van der Waals surface area contributed by atoms with E-state index in [1.54, 1.807) is 6.08 Å². The van der Waals surface area contributed by atoms with E-state index < -0.39 is 17.9 Å². The second kappa shape index (κ2) is 7.70. The minimum absolute atomic E-state index is 0.368. The van der Waals surface area contributed by atoms with Crippen LogP contribution in [-0.2, 0) is 15.9 Å². The minimum Gasteiger partial charge on any atom is -0.444 e. The van der Waals surface area contributed by atoms with E-state index in [-0.39, 0.29) is 0 Å². The second-order valence-corrected chi connectivity index (χ2v) is 5.45. The summed E-state index contributed by atoms with van der Waals surface area (Å²) >= 11 is 0. The van der Waals surface area contributed by atoms with Crippen LogP contribution in [0.4, 0.5) is 4.79 Å². The molecule has 0 bridgehead atoms. The molecule has 0 aliphatic rings. The molecule has 4 nitrogen and oxygen atoms in total. The Morgan fingerprint density at radius 1 is 1.35 bits per heavy atom. The Morgan fingerprint density at radius 2 is 2.00 bits per heavy atom. The monoisotopic (exact) mass is 277 g/mol. The Morgan fingerprint density at radius 3 is 2.55 bits per heavy atom. The molecule has 0 aliphatic heterocycles. The van der Waals surface area contributed by atoms with Crippen LogP contribution in [0.25, 0.3) is 0 Å². The standard InChI is InChI=1S/C16H23NO3/c1-5-11-19-14(12-13-9-7-6-8-10-13)17-15(18)20-16(2,3)4/h5-10,14H,1,11-12H2,2-4H3,(H,17,18). The van der Waals surface area contributed by atoms with Gasteiger partial charge in [0.15, 0.2) is 0 Å². The lowest BCUT2D eigenvalue weighted by Crippen LogP contribution is -2.41. The van der Waals surface area contributed by atoms with Crippen molar-refractivity contribution in [2.24, 2.45) is 0 Å². The highest BCUT2D eigenvalue weighted by Gasteiger charge is 2.19. The summed E-state index contributed by atoms with van der Waals surface area (Å²) in [4.78, 5) is 11.8. The average molecular weight is 277 g/mol. The number of carbonyl (C=O) groups excluding carboxylic acids is 1. The van der Waals surface area contributed by atoms with Crippen LogP contribution in [0, 0.1) is 0 Å². The highest BCUT2D eigenvalue weighted by atomic mass is 16.6. The van der Waals surface area contributed by atoms with Gasteiger partial charge in [-0.2, -0.15) is 0 Å². The number of rotatable bonds is 6. The topological polar surface area (TPSA) is 47.6 Å². The molecule has 1 aromatic carbocycles. The van der Waals surface area contributed by atoms with E-state index in [2.05, 4.69) is 11.9 Å². The molecule has 0 saturated carbocycles. The van der Waals surface area contributed by atoms with Crippen molar-refractivity contribution in [3.63, 3.8) is 0 Å². The van der Waals surface area contributed by atoms with Gasteiger partial charge in [0.25, 0.3) is 0 Å². The summed E-state index contributed by atoms with van der Waals surface area (Å²) < 4.78 is 10.8. The van der Waals surface area contributed by atoms with Crippen LogP contribution in [0.1, 0.15) is 26.3 Å². The summed E-state index contributed by atoms with van der Waals surface area (Å²) in [7, 11) is 0. The number of nitrogens with one attached hydrogen (secondary N) is 1. The van der Waals surface area contributed by atoms with Gasteiger partial charge in [-0.25, -0.2) is 4.79 Å². The zero-order valence-electron chi connectivity index (χ0n) is 12.4. The van der Waals surface area contributed by atoms with Crippen LogP contribution in [0.3, 0.4) is 0 Å². The van der Waals surface area contributed by atoms with Gasteiger partial charge in [0.1, 0.15) is 11.8 Å². The van der Waals surface area contributed by atoms with Crippen molar-refractivity contribution < 1.29 is 14.3 Å². The summed E-state index contributed by atoms with van der Waals surface area (Å²) in [5, 5.41) is 2.73. The summed E-state index contributed by atoms with van der Waals surface area (Å²) in [5.74, 6) is 0. The van der Waals surface area contributed by atoms with Crippen molar-refractivity contribution in [2.75, 3.05) is 6.61 Å². The lowest BCUT2D eigenvalue weighted by atomic mass is 10.1. The fourth-order valence-corrected chi connectivity index (χ4v) is 1.60. The van der Waals surface area contributed by atoms with E-state index in [9.17, 15) is 4.79 Å². The second-order valence-electron chi connectivity index (χ2n) is 5.45. The molecule has 110 valence electrons. The van der Waals surface area contributed by atoms with E-state index in [0.29, 0.717) is 13.0 Å². The van der Waals surface area contributed by atoms with Crippen LogP contribution < -0.4 is 5.32 Å². The molecule has 1 atom stereocenters. The van der Waals surface area contributed by atoms with E-state index in [1.165, 1.54) is 0 Å². The molecule has 1 aromatic rings. The first kappa shape index (κ1) is 16.2. The van der Waals surface area contributed by atoms with Gasteiger partial charge >= 0.3 is 6.09 Å². The van der Waals surface area contributed by atoms with E-state index in [4.69, 9.17) is 9.47 Å². The van der Waals surface area contributed by atoms with Crippen LogP contribution in [0.2, 0.25) is 0 Å². The van der Waals surface area contributed by atoms with Crippen molar-refractivity contribution in [3.05, 3.63) is 48.6 Å². The van der Waals surface area contributed by atoms with E-state index in [0.717, 1.165) is 5.56 Å². The van der Waals surface area contributed by atoms with Gasteiger partial charge in [-0.1, -0.05) is 36.4 Å². The van der Waals surface area contributed by atoms with Crippen LogP contribution in [0.5, 0.6) is 0 Å². The minimum atomic E-state index is -0.528. The predicted molar refractivity (Wildman–Crippen MR) is 79.5 cm³/mol. The van der Waals surface area contributed by atoms with Crippen LogP contribution in [-0.4, -0.2) is 24.5 Å². The zero-order chi connectivity index (χ0) is 15.0. The predicted octanol–water partition coefficient (Wildman–Crippen LogP) is 3.28. The van der Waals surface area contributed by atoms with Gasteiger partial charge in [0, 0.05) is 6.42 Å². The van der Waals surface area contributed by atoms with Crippen molar-refractivity contribution in [2.45, 2.75) is 39.0 Å². The Bertz CT molecular complexity index is 423. The number of amides is 1. The maximum absolute atomic E-state index is 11.8. The fraction of sp³-hybridized carbons (Fsp3) is 0.438. The third-order valence-corrected chi connectivity index (χ3v) is 2.36. The first-order chi connectivity index (χ1) is 9.40. The van der Waals surface area contributed by atoms with Gasteiger partial charge in [0.05, 0.1) is 6.61 Å². The highest BCUT2D eigenvalue weighted by molar-refractivity contribution is 5.67. The molecule has 1 N–H and O–H groups in total. The number of benzene rings is 1. The molecule has 0 radical (unpaired) electrons. The van der Waals surface area contributed by atoms with Gasteiger partial charge in [-0.3, -0.25) is 5.32 Å². The third kappa shape index (κ3) is 6.95. The van der Waals surface area contributed by atoms with E-state index >= 15 is 0 Å². The summed E-state index contributed by atoms with van der Waals surface area (Å²) in [5.41, 5.74) is 0.553. The van der Waals surface area contributed by atoms with Crippen molar-refractivity contribution in [3.8, 4) is 0 Å². The SMILES string of the molecule is C=CCOC(Cc1ccccc1)NC(=O)OC(C)(C)C. The molecular formula is C16H23NO3. The Labute approximate surface area is 120 Å². The summed E-state index contributed by atoms with van der Waals surface area (Å²) in [6, 6.07) is 9.83. The number of ether oxygens (including phenoxy) is 2. The molecule has 0 heterocycles. The molecular weight excluding hydrogens is 254 g/mol. The maximum atomic E-state index is 11.8. The lowest BCUT2D eigenvalue weighted by molar-refractivity contribution is 0.0151. The number of hydrogen-bond acceptors (Lipinski definition) is 3. The number of carbonyl (C=O) groups is 1. The lowest BCUT2D eigenvalue weighted by Gasteiger charge is -2.23. The first-order valence-electron chi connectivity index (χ1n) is 6.66. The Balaban J connectivity index is 2.60. The molecule has 0 aromatic heterocycles. The zero-order valence-corrected chi connectivity index (χ0v) is 12.4. The molecule has 0 aliphatic carbocycles. The smallest absolute Gasteiger partial charge is 0.409 e. The van der Waals surface area contributed by atoms with Gasteiger partial charge in [0.2, 0.25) is 0 Å². The normalized spacial score (nSPS) is 12.6.